The third-order valence-corrected chi connectivity index (χ3v) is 7.37. The van der Waals surface area contributed by atoms with Crippen molar-refractivity contribution in [1.82, 2.24) is 5.32 Å². The molecule has 4 aromatic rings. The number of nitrogens with zero attached hydrogens (tertiary/aromatic N) is 1. The number of amidine groups is 1. The Morgan fingerprint density at radius 3 is 2.46 bits per heavy atom. The molecule has 4 nitrogen and oxygen atoms in total. The van der Waals surface area contributed by atoms with Crippen LogP contribution in [-0.4, -0.2) is 11.1 Å². The van der Waals surface area contributed by atoms with Gasteiger partial charge in [-0.15, -0.1) is 0 Å². The van der Waals surface area contributed by atoms with E-state index in [9.17, 15) is 9.18 Å². The zero-order chi connectivity index (χ0) is 24.4. The predicted octanol–water partition coefficient (Wildman–Crippen LogP) is 7.97. The highest BCUT2D eigenvalue weighted by molar-refractivity contribution is 9.11. The lowest BCUT2D eigenvalue weighted by atomic mass is 10.1. The lowest BCUT2D eigenvalue weighted by Gasteiger charge is -2.13. The minimum absolute atomic E-state index is 0.237. The summed E-state index contributed by atoms with van der Waals surface area (Å²) in [6.07, 6.45) is 1.79. The van der Waals surface area contributed by atoms with E-state index in [2.05, 4.69) is 66.4 Å². The van der Waals surface area contributed by atoms with Gasteiger partial charge in [0.05, 0.1) is 19.5 Å². The number of thioether (sulfide) groups is 1. The molecule has 0 radical (unpaired) electrons. The number of hydrogen-bond donors (Lipinski definition) is 1. The van der Waals surface area contributed by atoms with E-state index >= 15 is 0 Å². The molecular weight excluding hydrogens is 595 g/mol. The van der Waals surface area contributed by atoms with Gasteiger partial charge < -0.3 is 10.1 Å². The topological polar surface area (TPSA) is 50.7 Å². The minimum Gasteiger partial charge on any atom is -0.487 e. The number of nitrogens with one attached hydrogen (secondary N) is 1. The van der Waals surface area contributed by atoms with E-state index in [1.54, 1.807) is 18.2 Å². The van der Waals surface area contributed by atoms with E-state index in [1.165, 1.54) is 29.3 Å². The molecule has 0 saturated carbocycles. The van der Waals surface area contributed by atoms with Crippen LogP contribution in [0.4, 0.5) is 10.1 Å². The molecule has 1 aliphatic heterocycles. The summed E-state index contributed by atoms with van der Waals surface area (Å²) in [6, 6.07) is 24.0. The second-order valence-electron chi connectivity index (χ2n) is 7.70. The largest absolute Gasteiger partial charge is 0.487 e. The number of carbonyl (C=O) groups is 1. The summed E-state index contributed by atoms with van der Waals surface area (Å²) in [5.41, 5.74) is 2.48. The molecular formula is C27H17Br2FN2O2S. The molecule has 1 heterocycles. The average molecular weight is 612 g/mol. The number of fused-ring (bicyclic) bond motifs is 1. The van der Waals surface area contributed by atoms with Gasteiger partial charge in [-0.3, -0.25) is 4.79 Å². The van der Waals surface area contributed by atoms with Gasteiger partial charge in [0.2, 0.25) is 0 Å². The molecule has 35 heavy (non-hydrogen) atoms. The number of halogens is 3. The number of benzene rings is 4. The van der Waals surface area contributed by atoms with Gasteiger partial charge in [0.15, 0.2) is 5.17 Å². The van der Waals surface area contributed by atoms with Crippen LogP contribution in [0.1, 0.15) is 11.1 Å². The lowest BCUT2D eigenvalue weighted by Crippen LogP contribution is -2.19. The van der Waals surface area contributed by atoms with Gasteiger partial charge >= 0.3 is 0 Å². The Morgan fingerprint density at radius 1 is 0.971 bits per heavy atom. The van der Waals surface area contributed by atoms with Crippen molar-refractivity contribution < 1.29 is 13.9 Å². The third kappa shape index (κ3) is 5.50. The van der Waals surface area contributed by atoms with Crippen molar-refractivity contribution in [3.05, 3.63) is 110 Å². The molecule has 1 fully saturated rings. The van der Waals surface area contributed by atoms with Crippen LogP contribution in [-0.2, 0) is 11.4 Å². The maximum absolute atomic E-state index is 13.1. The van der Waals surface area contributed by atoms with E-state index < -0.39 is 0 Å². The second kappa shape index (κ2) is 10.4. The molecule has 1 amide bonds. The summed E-state index contributed by atoms with van der Waals surface area (Å²) < 4.78 is 20.8. The Morgan fingerprint density at radius 2 is 1.69 bits per heavy atom. The first-order valence-electron chi connectivity index (χ1n) is 10.6. The molecule has 4 aromatic carbocycles. The summed E-state index contributed by atoms with van der Waals surface area (Å²) in [5, 5.41) is 5.52. The van der Waals surface area contributed by atoms with Gasteiger partial charge in [0.25, 0.3) is 5.91 Å². The second-order valence-corrected chi connectivity index (χ2v) is 10.4. The third-order valence-electron chi connectivity index (χ3n) is 5.28. The molecule has 5 rings (SSSR count). The van der Waals surface area contributed by atoms with Crippen LogP contribution in [0.3, 0.4) is 0 Å². The number of amides is 1. The quantitative estimate of drug-likeness (QED) is 0.233. The first-order chi connectivity index (χ1) is 17.0. The van der Waals surface area contributed by atoms with Crippen molar-refractivity contribution in [3.63, 3.8) is 0 Å². The highest BCUT2D eigenvalue weighted by Crippen LogP contribution is 2.37. The average Bonchev–Trinajstić information content (AvgIpc) is 3.18. The van der Waals surface area contributed by atoms with Crippen molar-refractivity contribution in [2.45, 2.75) is 6.61 Å². The van der Waals surface area contributed by atoms with Crippen LogP contribution in [0.5, 0.6) is 5.75 Å². The van der Waals surface area contributed by atoms with Crippen molar-refractivity contribution in [2.24, 2.45) is 4.99 Å². The molecule has 0 spiro atoms. The molecule has 0 atom stereocenters. The number of ether oxygens (including phenoxy) is 1. The molecule has 174 valence electrons. The summed E-state index contributed by atoms with van der Waals surface area (Å²) >= 11 is 8.44. The number of hydrogen-bond acceptors (Lipinski definition) is 4. The van der Waals surface area contributed by atoms with E-state index in [0.717, 1.165) is 25.5 Å². The van der Waals surface area contributed by atoms with Crippen LogP contribution < -0.4 is 10.1 Å². The number of aliphatic imine (C=N–C) groups is 1. The Kier molecular flexibility index (Phi) is 7.04. The van der Waals surface area contributed by atoms with Crippen molar-refractivity contribution in [2.75, 3.05) is 0 Å². The predicted molar refractivity (Wildman–Crippen MR) is 147 cm³/mol. The Balaban J connectivity index is 1.34. The number of carbonyl (C=O) groups excluding carboxylic acids is 1. The summed E-state index contributed by atoms with van der Waals surface area (Å²) in [4.78, 5) is 17.3. The molecule has 1 aliphatic rings. The minimum atomic E-state index is -0.335. The fourth-order valence-corrected chi connectivity index (χ4v) is 5.93. The maximum Gasteiger partial charge on any atom is 0.264 e. The Bertz CT molecular complexity index is 1470. The molecule has 0 aromatic heterocycles. The fraction of sp³-hybridized carbons (Fsp3) is 0.0370. The molecule has 1 saturated heterocycles. The maximum atomic E-state index is 13.1. The first kappa shape index (κ1) is 23.8. The van der Waals surface area contributed by atoms with E-state index in [4.69, 9.17) is 4.74 Å². The van der Waals surface area contributed by atoms with E-state index in [-0.39, 0.29) is 11.7 Å². The van der Waals surface area contributed by atoms with Gasteiger partial charge in [-0.25, -0.2) is 9.38 Å². The highest BCUT2D eigenvalue weighted by atomic mass is 79.9. The molecule has 0 unspecified atom stereocenters. The standard InChI is InChI=1S/C27H17Br2FN2O2S/c28-22-12-16(14-24-26(33)32-27(35-24)31-20-10-8-19(30)9-11-20)13-23(29)25(22)34-15-18-6-3-5-17-4-1-2-7-21(17)18/h1-14H,15H2,(H,31,32,33)/b24-14+. The zero-order valence-electron chi connectivity index (χ0n) is 18.1. The van der Waals surface area contributed by atoms with Crippen molar-refractivity contribution in [3.8, 4) is 5.75 Å². The van der Waals surface area contributed by atoms with E-state index in [1.807, 2.05) is 30.3 Å². The molecule has 8 heteroatoms. The zero-order valence-corrected chi connectivity index (χ0v) is 22.1. The van der Waals surface area contributed by atoms with Crippen LogP contribution in [0.25, 0.3) is 16.8 Å². The smallest absolute Gasteiger partial charge is 0.264 e. The van der Waals surface area contributed by atoms with Gasteiger partial charge in [0.1, 0.15) is 18.2 Å². The van der Waals surface area contributed by atoms with Gasteiger partial charge in [-0.2, -0.15) is 0 Å². The van der Waals surface area contributed by atoms with Crippen LogP contribution >= 0.6 is 43.6 Å². The Hall–Kier alpha value is -2.94. The summed E-state index contributed by atoms with van der Waals surface area (Å²) in [6.45, 7) is 0.417. The summed E-state index contributed by atoms with van der Waals surface area (Å²) in [5.74, 6) is 0.111. The lowest BCUT2D eigenvalue weighted by molar-refractivity contribution is -0.115. The van der Waals surface area contributed by atoms with Gasteiger partial charge in [0, 0.05) is 0 Å². The summed E-state index contributed by atoms with van der Waals surface area (Å²) in [7, 11) is 0. The molecule has 0 bridgehead atoms. The normalized spacial score (nSPS) is 15.7. The highest BCUT2D eigenvalue weighted by Gasteiger charge is 2.24. The van der Waals surface area contributed by atoms with Crippen LogP contribution in [0, 0.1) is 5.82 Å². The van der Waals surface area contributed by atoms with Crippen molar-refractivity contribution >= 4 is 77.2 Å². The molecule has 1 N–H and O–H groups in total. The Labute approximate surface area is 222 Å². The van der Waals surface area contributed by atoms with Crippen LogP contribution in [0.2, 0.25) is 0 Å². The van der Waals surface area contributed by atoms with Crippen molar-refractivity contribution in [1.29, 1.82) is 0 Å². The van der Waals surface area contributed by atoms with E-state index in [0.29, 0.717) is 28.1 Å². The van der Waals surface area contributed by atoms with Gasteiger partial charge in [-0.05, 0) is 108 Å². The molecule has 0 aliphatic carbocycles. The SMILES string of the molecule is O=C1NC(=Nc2ccc(F)cc2)S/C1=C/c1cc(Br)c(OCc2cccc3ccccc23)c(Br)c1. The monoisotopic (exact) mass is 610 g/mol. The number of rotatable bonds is 5. The fourth-order valence-electron chi connectivity index (χ4n) is 3.63. The van der Waals surface area contributed by atoms with Gasteiger partial charge in [-0.1, -0.05) is 42.5 Å². The van der Waals surface area contributed by atoms with Crippen LogP contribution in [0.15, 0.2) is 97.7 Å². The first-order valence-corrected chi connectivity index (χ1v) is 13.0.